The molecule has 2 aliphatic heterocycles. The van der Waals surface area contributed by atoms with Gasteiger partial charge in [-0.25, -0.2) is 9.97 Å². The fourth-order valence-corrected chi connectivity index (χ4v) is 8.20. The van der Waals surface area contributed by atoms with Gasteiger partial charge >= 0.3 is 0 Å². The lowest BCUT2D eigenvalue weighted by Gasteiger charge is -2.45. The number of aromatic nitrogens is 2. The normalized spacial score (nSPS) is 21.8. The molecule has 2 aliphatic rings. The lowest BCUT2D eigenvalue weighted by atomic mass is 9.85. The summed E-state index contributed by atoms with van der Waals surface area (Å²) in [6.45, 7) is 17.5. The van der Waals surface area contributed by atoms with Gasteiger partial charge in [-0.3, -0.25) is 24.1 Å². The molecule has 1 aromatic carbocycles. The lowest BCUT2D eigenvalue weighted by Crippen LogP contribution is -2.58. The average Bonchev–Trinajstić information content (AvgIpc) is 3.73. The zero-order valence-corrected chi connectivity index (χ0v) is 33.5. The van der Waals surface area contributed by atoms with Crippen molar-refractivity contribution in [1.29, 1.82) is 0 Å². The summed E-state index contributed by atoms with van der Waals surface area (Å²) in [6.07, 6.45) is 0.866. The zero-order chi connectivity index (χ0) is 39.3. The second kappa shape index (κ2) is 17.5. The number of aliphatic hydroxyl groups excluding tert-OH is 1. The van der Waals surface area contributed by atoms with Crippen LogP contribution in [0.3, 0.4) is 0 Å². The van der Waals surface area contributed by atoms with E-state index in [9.17, 15) is 24.3 Å². The number of β-amino-alcohol motifs (C(OH)–C–C–N with tert-alkyl or cyclic N) is 1. The highest BCUT2D eigenvalue weighted by Crippen LogP contribution is 2.30. The topological polar surface area (TPSA) is 157 Å². The third-order valence-electron chi connectivity index (χ3n) is 10.3. The van der Waals surface area contributed by atoms with Gasteiger partial charge in [-0.05, 0) is 63.3 Å². The molecule has 2 aromatic heterocycles. The Bertz CT molecular complexity index is 1760. The van der Waals surface area contributed by atoms with E-state index >= 15 is 0 Å². The van der Waals surface area contributed by atoms with Crippen LogP contribution in [0.2, 0.25) is 0 Å². The molecule has 4 heterocycles. The maximum absolute atomic E-state index is 14.0. The summed E-state index contributed by atoms with van der Waals surface area (Å²) < 4.78 is 5.79. The van der Waals surface area contributed by atoms with E-state index in [1.54, 1.807) is 17.5 Å². The van der Waals surface area contributed by atoms with E-state index in [0.29, 0.717) is 18.7 Å². The highest BCUT2D eigenvalue weighted by atomic mass is 32.1. The number of likely N-dealkylation sites (tertiary alicyclic amines) is 1. The zero-order valence-electron chi connectivity index (χ0n) is 32.7. The van der Waals surface area contributed by atoms with Gasteiger partial charge in [-0.1, -0.05) is 45.0 Å². The molecule has 3 aromatic rings. The molecule has 0 radical (unpaired) electrons. The van der Waals surface area contributed by atoms with Gasteiger partial charge in [0.15, 0.2) is 5.78 Å². The molecule has 292 valence electrons. The third kappa shape index (κ3) is 9.89. The van der Waals surface area contributed by atoms with E-state index in [4.69, 9.17) is 4.74 Å². The molecule has 14 heteroatoms. The Kier molecular flexibility index (Phi) is 13.3. The number of Topliss-reactive ketones (excluding diaryl/α,β-unsaturated/α-hetero) is 1. The Morgan fingerprint density at radius 1 is 1.00 bits per heavy atom. The monoisotopic (exact) mass is 761 g/mol. The van der Waals surface area contributed by atoms with Crippen LogP contribution in [-0.2, 0) is 19.1 Å². The van der Waals surface area contributed by atoms with Crippen LogP contribution in [0.25, 0.3) is 10.4 Å². The molecule has 0 spiro atoms. The number of ether oxygens (including phenoxy) is 1. The number of anilines is 1. The molecule has 3 N–H and O–H groups in total. The van der Waals surface area contributed by atoms with E-state index in [-0.39, 0.29) is 49.4 Å². The van der Waals surface area contributed by atoms with Crippen molar-refractivity contribution in [3.8, 4) is 10.4 Å². The minimum absolute atomic E-state index is 0.00293. The summed E-state index contributed by atoms with van der Waals surface area (Å²) >= 11 is 1.58. The van der Waals surface area contributed by atoms with Crippen LogP contribution in [0.15, 0.2) is 48.1 Å². The fourth-order valence-electron chi connectivity index (χ4n) is 7.39. The summed E-state index contributed by atoms with van der Waals surface area (Å²) in [5, 5.41) is 16.5. The van der Waals surface area contributed by atoms with Crippen LogP contribution < -0.4 is 15.5 Å². The Morgan fingerprint density at radius 3 is 2.26 bits per heavy atom. The van der Waals surface area contributed by atoms with Crippen LogP contribution >= 0.6 is 11.3 Å². The Hall–Kier alpha value is -4.24. The van der Waals surface area contributed by atoms with Crippen molar-refractivity contribution in [2.45, 2.75) is 98.1 Å². The largest absolute Gasteiger partial charge is 0.391 e. The first kappa shape index (κ1) is 40.9. The Morgan fingerprint density at radius 2 is 1.69 bits per heavy atom. The molecule has 0 aliphatic carbocycles. The number of thiazole rings is 1. The lowest BCUT2D eigenvalue weighted by molar-refractivity contribution is -0.144. The molecule has 6 atom stereocenters. The van der Waals surface area contributed by atoms with Gasteiger partial charge in [0.1, 0.15) is 24.5 Å². The second-order valence-corrected chi connectivity index (χ2v) is 16.6. The number of hydrogen-bond donors (Lipinski definition) is 3. The van der Waals surface area contributed by atoms with Crippen LogP contribution in [0.5, 0.6) is 0 Å². The number of rotatable bonds is 13. The van der Waals surface area contributed by atoms with Crippen molar-refractivity contribution >= 4 is 40.7 Å². The van der Waals surface area contributed by atoms with Crippen LogP contribution in [0, 0.1) is 12.3 Å². The summed E-state index contributed by atoms with van der Waals surface area (Å²) in [6, 6.07) is 9.85. The molecule has 54 heavy (non-hydrogen) atoms. The van der Waals surface area contributed by atoms with Crippen molar-refractivity contribution in [3.05, 3.63) is 64.9 Å². The first-order chi connectivity index (χ1) is 25.5. The minimum Gasteiger partial charge on any atom is -0.391 e. The summed E-state index contributed by atoms with van der Waals surface area (Å²) in [4.78, 5) is 68.4. The van der Waals surface area contributed by atoms with Gasteiger partial charge in [0.2, 0.25) is 17.7 Å². The second-order valence-electron chi connectivity index (χ2n) is 15.8. The number of ketones is 1. The number of pyridine rings is 1. The summed E-state index contributed by atoms with van der Waals surface area (Å²) in [5.41, 5.74) is 4.66. The smallest absolute Gasteiger partial charge is 0.246 e. The molecule has 5 rings (SSSR count). The highest BCUT2D eigenvalue weighted by Gasteiger charge is 2.44. The molecular weight excluding hydrogens is 707 g/mol. The molecule has 1 unspecified atom stereocenters. The van der Waals surface area contributed by atoms with Crippen LogP contribution in [0.4, 0.5) is 5.82 Å². The van der Waals surface area contributed by atoms with Crippen LogP contribution in [-0.4, -0.2) is 118 Å². The number of nitrogens with zero attached hydrogens (tertiary/aromatic N) is 5. The van der Waals surface area contributed by atoms with Crippen molar-refractivity contribution in [3.63, 3.8) is 0 Å². The molecule has 13 nitrogen and oxygen atoms in total. The van der Waals surface area contributed by atoms with E-state index in [1.807, 2.05) is 76.5 Å². The summed E-state index contributed by atoms with van der Waals surface area (Å²) in [5.74, 6) is -0.383. The van der Waals surface area contributed by atoms with Gasteiger partial charge in [0.25, 0.3) is 0 Å². The number of piperazine rings is 1. The molecule has 2 fully saturated rings. The predicted molar refractivity (Wildman–Crippen MR) is 209 cm³/mol. The Balaban J connectivity index is 1.11. The maximum atomic E-state index is 14.0. The molecule has 0 saturated carbocycles. The number of benzene rings is 1. The van der Waals surface area contributed by atoms with Gasteiger partial charge in [0.05, 0.1) is 34.8 Å². The van der Waals surface area contributed by atoms with Gasteiger partial charge in [0, 0.05) is 56.4 Å². The summed E-state index contributed by atoms with van der Waals surface area (Å²) in [7, 11) is 0. The van der Waals surface area contributed by atoms with Gasteiger partial charge < -0.3 is 30.3 Å². The van der Waals surface area contributed by atoms with Gasteiger partial charge in [-0.2, -0.15) is 0 Å². The average molecular weight is 762 g/mol. The van der Waals surface area contributed by atoms with Gasteiger partial charge in [-0.15, -0.1) is 11.3 Å². The number of carbonyl (C=O) groups excluding carboxylic acids is 4. The fraction of sp³-hybridized carbons (Fsp3) is 0.550. The number of aryl methyl sites for hydroxylation is 1. The predicted octanol–water partition coefficient (Wildman–Crippen LogP) is 4.00. The van der Waals surface area contributed by atoms with E-state index in [2.05, 4.69) is 44.2 Å². The van der Waals surface area contributed by atoms with Crippen molar-refractivity contribution in [1.82, 2.24) is 30.4 Å². The SMILES string of the molecule is CC(=O)c1ccc(N2[C@H](C)CN(CCOCC(=O)N[C@H](C(=O)N3C[C@H](O)CC3C(=O)N[C@@H](C)c3ccc(-c4scnc4C)cc3)C(C)(C)C)C[C@@H]2C)nc1. The standard InChI is InChI=1S/C40H55N7O6S/c1-24-19-45(20-25(2)47(24)34-14-13-31(18-41-34)28(5)48)15-16-53-22-35(50)44-37(40(6,7)8)39(52)46-21-32(49)17-33(46)38(51)43-26(3)29-9-11-30(12-10-29)36-27(4)42-23-54-36/h9-14,18,23-26,32-33,37,49H,15-17,19-22H2,1-8H3,(H,43,51)(H,44,50)/t24-,25+,26-,32+,33?,37+/m0/s1. The van der Waals surface area contributed by atoms with Crippen molar-refractivity contribution in [2.24, 2.45) is 5.41 Å². The minimum atomic E-state index is -0.942. The molecule has 0 bridgehead atoms. The van der Waals surface area contributed by atoms with Crippen LogP contribution in [0.1, 0.15) is 82.5 Å². The van der Waals surface area contributed by atoms with E-state index in [1.165, 1.54) is 11.8 Å². The maximum Gasteiger partial charge on any atom is 0.246 e. The number of carbonyl (C=O) groups is 4. The number of hydrogen-bond acceptors (Lipinski definition) is 11. The molecule has 2 saturated heterocycles. The van der Waals surface area contributed by atoms with E-state index < -0.39 is 35.4 Å². The van der Waals surface area contributed by atoms with Crippen molar-refractivity contribution < 1.29 is 29.0 Å². The highest BCUT2D eigenvalue weighted by molar-refractivity contribution is 7.13. The molecule has 3 amide bonds. The van der Waals surface area contributed by atoms with Crippen molar-refractivity contribution in [2.75, 3.05) is 44.3 Å². The quantitative estimate of drug-likeness (QED) is 0.172. The third-order valence-corrected chi connectivity index (χ3v) is 11.2. The first-order valence-electron chi connectivity index (χ1n) is 18.7. The first-order valence-corrected chi connectivity index (χ1v) is 19.6. The molecular formula is C40H55N7O6S. The Labute approximate surface area is 322 Å². The van der Waals surface area contributed by atoms with E-state index in [0.717, 1.165) is 40.6 Å². The number of nitrogens with one attached hydrogen (secondary N) is 2. The number of amides is 3. The number of aliphatic hydroxyl groups is 1.